The van der Waals surface area contributed by atoms with Crippen LogP contribution in [-0.2, 0) is 26.2 Å². The van der Waals surface area contributed by atoms with Crippen molar-refractivity contribution in [1.82, 2.24) is 10.2 Å². The highest BCUT2D eigenvalue weighted by atomic mass is 32.2. The molecule has 38 heavy (non-hydrogen) atoms. The summed E-state index contributed by atoms with van der Waals surface area (Å²) in [6.07, 6.45) is 6.00. The number of benzene rings is 2. The normalized spacial score (nSPS) is 14.8. The van der Waals surface area contributed by atoms with Crippen LogP contribution in [0.3, 0.4) is 0 Å². The van der Waals surface area contributed by atoms with E-state index in [4.69, 9.17) is 0 Å². The van der Waals surface area contributed by atoms with Crippen LogP contribution in [0.5, 0.6) is 0 Å². The van der Waals surface area contributed by atoms with E-state index in [1.165, 1.54) is 16.4 Å². The summed E-state index contributed by atoms with van der Waals surface area (Å²) >= 11 is 0. The van der Waals surface area contributed by atoms with Gasteiger partial charge < -0.3 is 10.2 Å². The van der Waals surface area contributed by atoms with Crippen molar-refractivity contribution in [2.45, 2.75) is 84.3 Å². The van der Waals surface area contributed by atoms with E-state index >= 15 is 0 Å². The van der Waals surface area contributed by atoms with Gasteiger partial charge in [0.15, 0.2) is 0 Å². The Morgan fingerprint density at radius 1 is 1.05 bits per heavy atom. The van der Waals surface area contributed by atoms with Gasteiger partial charge in [-0.3, -0.25) is 13.9 Å². The number of aryl methyl sites for hydroxylation is 2. The quantitative estimate of drug-likeness (QED) is 0.413. The molecule has 2 aromatic rings. The summed E-state index contributed by atoms with van der Waals surface area (Å²) in [6.45, 7) is 6.07. The topological polar surface area (TPSA) is 86.8 Å². The zero-order valence-electron chi connectivity index (χ0n) is 22.9. The fraction of sp³-hybridized carbons (Fsp3) is 0.517. The van der Waals surface area contributed by atoms with Crippen molar-refractivity contribution in [3.63, 3.8) is 0 Å². The molecule has 0 aliphatic heterocycles. The number of carbonyl (C=O) groups is 2. The Morgan fingerprint density at radius 3 is 2.29 bits per heavy atom. The molecule has 1 aliphatic rings. The lowest BCUT2D eigenvalue weighted by Gasteiger charge is -2.32. The molecule has 2 amide bonds. The van der Waals surface area contributed by atoms with Crippen molar-refractivity contribution in [3.05, 3.63) is 65.0 Å². The van der Waals surface area contributed by atoms with E-state index in [1.807, 2.05) is 32.9 Å². The summed E-state index contributed by atoms with van der Waals surface area (Å²) in [5, 5.41) is 3.11. The van der Waals surface area contributed by atoms with Gasteiger partial charge in [0.05, 0.1) is 11.9 Å². The molecule has 1 fully saturated rings. The summed E-state index contributed by atoms with van der Waals surface area (Å²) in [6, 6.07) is 10.8. The number of hydrogen-bond donors (Lipinski definition) is 1. The molecule has 3 rings (SSSR count). The molecule has 0 radical (unpaired) electrons. The molecule has 208 valence electrons. The van der Waals surface area contributed by atoms with Crippen molar-refractivity contribution >= 4 is 27.5 Å². The fourth-order valence-electron chi connectivity index (χ4n) is 4.96. The van der Waals surface area contributed by atoms with Gasteiger partial charge in [0.1, 0.15) is 11.9 Å². The first kappa shape index (κ1) is 29.6. The van der Waals surface area contributed by atoms with Gasteiger partial charge in [0.25, 0.3) is 0 Å². The van der Waals surface area contributed by atoms with Crippen molar-refractivity contribution in [3.8, 4) is 0 Å². The molecule has 1 aliphatic carbocycles. The average Bonchev–Trinajstić information content (AvgIpc) is 3.37. The minimum atomic E-state index is -3.56. The summed E-state index contributed by atoms with van der Waals surface area (Å²) in [5.74, 6) is -0.788. The monoisotopic (exact) mass is 545 g/mol. The zero-order valence-corrected chi connectivity index (χ0v) is 23.7. The number of amides is 2. The molecule has 0 heterocycles. The van der Waals surface area contributed by atoms with Crippen LogP contribution in [0.2, 0.25) is 0 Å². The Labute approximate surface area is 226 Å². The van der Waals surface area contributed by atoms with E-state index in [0.717, 1.165) is 48.6 Å². The molecule has 1 N–H and O–H groups in total. The average molecular weight is 546 g/mol. The second-order valence-corrected chi connectivity index (χ2v) is 12.2. The minimum Gasteiger partial charge on any atom is -0.352 e. The number of halogens is 1. The van der Waals surface area contributed by atoms with Crippen LogP contribution in [0.15, 0.2) is 42.5 Å². The lowest BCUT2D eigenvalue weighted by molar-refractivity contribution is -0.141. The van der Waals surface area contributed by atoms with Crippen LogP contribution in [0.4, 0.5) is 10.1 Å². The number of rotatable bonds is 12. The molecule has 0 aromatic heterocycles. The Bertz CT molecular complexity index is 1210. The summed E-state index contributed by atoms with van der Waals surface area (Å²) < 4.78 is 39.9. The number of anilines is 1. The first-order valence-electron chi connectivity index (χ1n) is 13.4. The predicted molar refractivity (Wildman–Crippen MR) is 149 cm³/mol. The molecule has 1 unspecified atom stereocenters. The Hall–Kier alpha value is -2.94. The van der Waals surface area contributed by atoms with Gasteiger partial charge >= 0.3 is 0 Å². The highest BCUT2D eigenvalue weighted by Crippen LogP contribution is 2.23. The number of carbonyl (C=O) groups excluding carboxylic acids is 2. The Balaban J connectivity index is 1.76. The van der Waals surface area contributed by atoms with E-state index in [2.05, 4.69) is 5.32 Å². The van der Waals surface area contributed by atoms with Gasteiger partial charge in [-0.1, -0.05) is 38.0 Å². The molecule has 9 heteroatoms. The van der Waals surface area contributed by atoms with E-state index in [-0.39, 0.29) is 43.2 Å². The minimum absolute atomic E-state index is 0.0747. The third-order valence-corrected chi connectivity index (χ3v) is 8.48. The number of hydrogen-bond acceptors (Lipinski definition) is 4. The Morgan fingerprint density at radius 2 is 1.71 bits per heavy atom. The smallest absolute Gasteiger partial charge is 0.243 e. The first-order valence-corrected chi connectivity index (χ1v) is 15.2. The lowest BCUT2D eigenvalue weighted by Crippen LogP contribution is -2.51. The van der Waals surface area contributed by atoms with Gasteiger partial charge in [-0.05, 0) is 80.5 Å². The van der Waals surface area contributed by atoms with Crippen LogP contribution in [-0.4, -0.2) is 50.0 Å². The van der Waals surface area contributed by atoms with Gasteiger partial charge in [0, 0.05) is 25.6 Å². The standard InChI is InChI=1S/C29H40FN3O4S/c1-5-27(29(35)31-25-9-6-7-10-25)32(20-23-13-15-24(30)16-14-23)28(34)11-8-18-33(38(4,36)37)26-17-12-21(2)22(3)19-26/h12-17,19,25,27H,5-11,18,20H2,1-4H3,(H,31,35). The van der Waals surface area contributed by atoms with E-state index in [1.54, 1.807) is 23.1 Å². The van der Waals surface area contributed by atoms with Crippen LogP contribution in [0.1, 0.15) is 68.6 Å². The van der Waals surface area contributed by atoms with Crippen molar-refractivity contribution < 1.29 is 22.4 Å². The molecular weight excluding hydrogens is 505 g/mol. The predicted octanol–water partition coefficient (Wildman–Crippen LogP) is 4.85. The number of nitrogens with zero attached hydrogens (tertiary/aromatic N) is 2. The third kappa shape index (κ3) is 8.03. The molecule has 0 spiro atoms. The lowest BCUT2D eigenvalue weighted by atomic mass is 10.1. The van der Waals surface area contributed by atoms with Crippen molar-refractivity contribution in [2.75, 3.05) is 17.1 Å². The Kier molecular flexibility index (Phi) is 10.3. The van der Waals surface area contributed by atoms with Gasteiger partial charge in [-0.2, -0.15) is 0 Å². The maximum Gasteiger partial charge on any atom is 0.243 e. The second-order valence-electron chi connectivity index (χ2n) is 10.3. The van der Waals surface area contributed by atoms with E-state index < -0.39 is 16.1 Å². The van der Waals surface area contributed by atoms with Gasteiger partial charge in [-0.15, -0.1) is 0 Å². The largest absolute Gasteiger partial charge is 0.352 e. The first-order chi connectivity index (χ1) is 18.0. The maximum atomic E-state index is 13.5. The molecule has 7 nitrogen and oxygen atoms in total. The van der Waals surface area contributed by atoms with Gasteiger partial charge in [-0.25, -0.2) is 12.8 Å². The molecule has 0 bridgehead atoms. The summed E-state index contributed by atoms with van der Waals surface area (Å²) in [5.41, 5.74) is 3.33. The van der Waals surface area contributed by atoms with E-state index in [9.17, 15) is 22.4 Å². The molecule has 1 atom stereocenters. The van der Waals surface area contributed by atoms with Crippen LogP contribution in [0.25, 0.3) is 0 Å². The van der Waals surface area contributed by atoms with Crippen molar-refractivity contribution in [1.29, 1.82) is 0 Å². The molecular formula is C29H40FN3O4S. The van der Waals surface area contributed by atoms with Crippen molar-refractivity contribution in [2.24, 2.45) is 0 Å². The maximum absolute atomic E-state index is 13.5. The van der Waals surface area contributed by atoms with E-state index in [0.29, 0.717) is 18.5 Å². The molecule has 1 saturated carbocycles. The SMILES string of the molecule is CCC(C(=O)NC1CCCC1)N(Cc1ccc(F)cc1)C(=O)CCCN(c1ccc(C)c(C)c1)S(C)(=O)=O. The van der Waals surface area contributed by atoms with Gasteiger partial charge in [0.2, 0.25) is 21.8 Å². The summed E-state index contributed by atoms with van der Waals surface area (Å²) in [4.78, 5) is 28.3. The van der Waals surface area contributed by atoms with Crippen LogP contribution >= 0.6 is 0 Å². The number of sulfonamides is 1. The van der Waals surface area contributed by atoms with Crippen LogP contribution in [0, 0.1) is 19.7 Å². The summed E-state index contributed by atoms with van der Waals surface area (Å²) in [7, 11) is -3.56. The molecule has 2 aromatic carbocycles. The fourth-order valence-corrected chi connectivity index (χ4v) is 5.92. The highest BCUT2D eigenvalue weighted by molar-refractivity contribution is 7.92. The second kappa shape index (κ2) is 13.2. The highest BCUT2D eigenvalue weighted by Gasteiger charge is 2.30. The third-order valence-electron chi connectivity index (χ3n) is 7.28. The number of nitrogens with one attached hydrogen (secondary N) is 1. The zero-order chi connectivity index (χ0) is 27.9. The molecule has 0 saturated heterocycles. The van der Waals surface area contributed by atoms with Crippen LogP contribution < -0.4 is 9.62 Å².